The highest BCUT2D eigenvalue weighted by Gasteiger charge is 2.18. The second-order valence-electron chi connectivity index (χ2n) is 3.95. The van der Waals surface area contributed by atoms with Crippen LogP contribution in [0.1, 0.15) is 32.5 Å². The maximum atomic E-state index is 6.09. The minimum absolute atomic E-state index is 0.0187. The van der Waals surface area contributed by atoms with Crippen molar-refractivity contribution >= 4 is 0 Å². The Morgan fingerprint density at radius 2 is 2.25 bits per heavy atom. The number of ether oxygens (including phenoxy) is 1. The van der Waals surface area contributed by atoms with E-state index in [0.717, 1.165) is 25.2 Å². The molecule has 0 amide bonds. The number of hydrogen-bond donors (Lipinski definition) is 1. The first-order valence-corrected chi connectivity index (χ1v) is 5.87. The largest absolute Gasteiger partial charge is 0.380 e. The summed E-state index contributed by atoms with van der Waals surface area (Å²) in [5, 5.41) is 4.18. The van der Waals surface area contributed by atoms with E-state index in [1.54, 1.807) is 13.4 Å². The fourth-order valence-corrected chi connectivity index (χ4v) is 1.83. The van der Waals surface area contributed by atoms with Gasteiger partial charge in [0.1, 0.15) is 12.2 Å². The molecule has 0 saturated heterocycles. The Balaban J connectivity index is 2.61. The molecule has 5 nitrogen and oxygen atoms in total. The van der Waals surface area contributed by atoms with Gasteiger partial charge in [-0.15, -0.1) is 0 Å². The van der Waals surface area contributed by atoms with Crippen LogP contribution >= 0.6 is 0 Å². The molecule has 2 unspecified atom stereocenters. The van der Waals surface area contributed by atoms with Crippen LogP contribution in [0.15, 0.2) is 6.33 Å². The second kappa shape index (κ2) is 6.60. The molecular weight excluding hydrogens is 204 g/mol. The highest BCUT2D eigenvalue weighted by molar-refractivity contribution is 4.91. The molecule has 1 aromatic heterocycles. The molecule has 5 heteroatoms. The lowest BCUT2D eigenvalue weighted by Crippen LogP contribution is -2.38. The van der Waals surface area contributed by atoms with E-state index >= 15 is 0 Å². The number of nitrogens with two attached hydrogens (primary N) is 1. The zero-order valence-electron chi connectivity index (χ0n) is 10.4. The summed E-state index contributed by atoms with van der Waals surface area (Å²) in [5.74, 6) is 0.949. The number of hydrogen-bond acceptors (Lipinski definition) is 4. The maximum absolute atomic E-state index is 6.09. The van der Waals surface area contributed by atoms with Gasteiger partial charge in [0, 0.05) is 26.1 Å². The van der Waals surface area contributed by atoms with Crippen LogP contribution in [0.25, 0.3) is 0 Å². The molecule has 16 heavy (non-hydrogen) atoms. The third kappa shape index (κ3) is 3.28. The van der Waals surface area contributed by atoms with Gasteiger partial charge in [-0.25, -0.2) is 4.98 Å². The van der Waals surface area contributed by atoms with E-state index in [1.807, 2.05) is 4.68 Å². The SMILES string of the molecule is CCCn1ncnc1CC(N)C(CC)OC. The van der Waals surface area contributed by atoms with Crippen molar-refractivity contribution in [2.24, 2.45) is 5.73 Å². The molecule has 1 aromatic rings. The fourth-order valence-electron chi connectivity index (χ4n) is 1.83. The average Bonchev–Trinajstić information content (AvgIpc) is 2.68. The van der Waals surface area contributed by atoms with Gasteiger partial charge in [0.15, 0.2) is 0 Å². The highest BCUT2D eigenvalue weighted by Crippen LogP contribution is 2.07. The van der Waals surface area contributed by atoms with E-state index in [4.69, 9.17) is 10.5 Å². The summed E-state index contributed by atoms with van der Waals surface area (Å²) in [6.45, 7) is 5.09. The molecule has 0 bridgehead atoms. The Morgan fingerprint density at radius 3 is 2.81 bits per heavy atom. The maximum Gasteiger partial charge on any atom is 0.138 e. The van der Waals surface area contributed by atoms with Gasteiger partial charge in [-0.05, 0) is 12.8 Å². The Bertz CT molecular complexity index is 296. The summed E-state index contributed by atoms with van der Waals surface area (Å²) < 4.78 is 7.25. The third-order valence-corrected chi connectivity index (χ3v) is 2.73. The predicted molar refractivity (Wildman–Crippen MR) is 63.1 cm³/mol. The first-order chi connectivity index (χ1) is 7.72. The summed E-state index contributed by atoms with van der Waals surface area (Å²) in [6, 6.07) is -0.0187. The summed E-state index contributed by atoms with van der Waals surface area (Å²) >= 11 is 0. The molecule has 0 radical (unpaired) electrons. The third-order valence-electron chi connectivity index (χ3n) is 2.73. The topological polar surface area (TPSA) is 66.0 Å². The van der Waals surface area contributed by atoms with E-state index in [0.29, 0.717) is 6.42 Å². The Kier molecular flexibility index (Phi) is 5.42. The van der Waals surface area contributed by atoms with Crippen molar-refractivity contribution in [3.8, 4) is 0 Å². The number of rotatable bonds is 7. The van der Waals surface area contributed by atoms with Crippen LogP contribution in [0.4, 0.5) is 0 Å². The lowest BCUT2D eigenvalue weighted by atomic mass is 10.1. The smallest absolute Gasteiger partial charge is 0.138 e. The van der Waals surface area contributed by atoms with Crippen LogP contribution in [0, 0.1) is 0 Å². The van der Waals surface area contributed by atoms with Crippen LogP contribution in [0.3, 0.4) is 0 Å². The van der Waals surface area contributed by atoms with Crippen LogP contribution < -0.4 is 5.73 Å². The van der Waals surface area contributed by atoms with E-state index in [2.05, 4.69) is 23.9 Å². The van der Waals surface area contributed by atoms with Gasteiger partial charge in [-0.3, -0.25) is 4.68 Å². The van der Waals surface area contributed by atoms with Crippen LogP contribution in [-0.2, 0) is 17.7 Å². The first kappa shape index (κ1) is 13.1. The summed E-state index contributed by atoms with van der Waals surface area (Å²) in [4.78, 5) is 4.24. The lowest BCUT2D eigenvalue weighted by molar-refractivity contribution is 0.0764. The van der Waals surface area contributed by atoms with Gasteiger partial charge < -0.3 is 10.5 Å². The quantitative estimate of drug-likeness (QED) is 0.752. The van der Waals surface area contributed by atoms with Gasteiger partial charge in [-0.2, -0.15) is 5.10 Å². The van der Waals surface area contributed by atoms with Crippen molar-refractivity contribution < 1.29 is 4.74 Å². The van der Waals surface area contributed by atoms with E-state index < -0.39 is 0 Å². The van der Waals surface area contributed by atoms with Crippen molar-refractivity contribution in [1.82, 2.24) is 14.8 Å². The Morgan fingerprint density at radius 1 is 1.50 bits per heavy atom. The number of aromatic nitrogens is 3. The van der Waals surface area contributed by atoms with Gasteiger partial charge in [0.2, 0.25) is 0 Å². The van der Waals surface area contributed by atoms with Gasteiger partial charge >= 0.3 is 0 Å². The molecule has 0 aliphatic carbocycles. The number of aryl methyl sites for hydroxylation is 1. The van der Waals surface area contributed by atoms with Crippen molar-refractivity contribution in [1.29, 1.82) is 0 Å². The molecule has 0 fully saturated rings. The molecule has 0 aliphatic heterocycles. The normalized spacial score (nSPS) is 15.0. The van der Waals surface area contributed by atoms with Gasteiger partial charge in [0.25, 0.3) is 0 Å². The number of nitrogens with zero attached hydrogens (tertiary/aromatic N) is 3. The average molecular weight is 226 g/mol. The van der Waals surface area contributed by atoms with E-state index in [1.165, 1.54) is 0 Å². The van der Waals surface area contributed by atoms with Crippen molar-refractivity contribution in [2.45, 2.75) is 51.8 Å². The Hall–Kier alpha value is -0.940. The summed E-state index contributed by atoms with van der Waals surface area (Å²) in [5.41, 5.74) is 6.09. The summed E-state index contributed by atoms with van der Waals surface area (Å²) in [6.07, 6.45) is 4.36. The molecule has 0 spiro atoms. The lowest BCUT2D eigenvalue weighted by Gasteiger charge is -2.20. The molecule has 0 saturated carbocycles. The molecule has 2 atom stereocenters. The van der Waals surface area contributed by atoms with Gasteiger partial charge in [0.05, 0.1) is 6.10 Å². The van der Waals surface area contributed by atoms with E-state index in [-0.39, 0.29) is 12.1 Å². The zero-order valence-corrected chi connectivity index (χ0v) is 10.4. The molecular formula is C11H22N4O. The Labute approximate surface area is 97.0 Å². The van der Waals surface area contributed by atoms with Crippen LogP contribution in [-0.4, -0.2) is 34.0 Å². The van der Waals surface area contributed by atoms with Crippen molar-refractivity contribution in [3.63, 3.8) is 0 Å². The monoisotopic (exact) mass is 226 g/mol. The minimum Gasteiger partial charge on any atom is -0.380 e. The standard InChI is InChI=1S/C11H22N4O/c1-4-6-15-11(13-8-14-15)7-9(12)10(5-2)16-3/h8-10H,4-7,12H2,1-3H3. The van der Waals surface area contributed by atoms with E-state index in [9.17, 15) is 0 Å². The first-order valence-electron chi connectivity index (χ1n) is 5.87. The van der Waals surface area contributed by atoms with Crippen LogP contribution in [0.2, 0.25) is 0 Å². The van der Waals surface area contributed by atoms with Crippen LogP contribution in [0.5, 0.6) is 0 Å². The molecule has 92 valence electrons. The van der Waals surface area contributed by atoms with Crippen molar-refractivity contribution in [3.05, 3.63) is 12.2 Å². The molecule has 0 aliphatic rings. The fraction of sp³-hybridized carbons (Fsp3) is 0.818. The molecule has 1 rings (SSSR count). The second-order valence-corrected chi connectivity index (χ2v) is 3.95. The predicted octanol–water partition coefficient (Wildman–Crippen LogP) is 0.983. The summed E-state index contributed by atoms with van der Waals surface area (Å²) in [7, 11) is 1.70. The highest BCUT2D eigenvalue weighted by atomic mass is 16.5. The minimum atomic E-state index is -0.0187. The number of methoxy groups -OCH3 is 1. The molecule has 0 aromatic carbocycles. The van der Waals surface area contributed by atoms with Crippen molar-refractivity contribution in [2.75, 3.05) is 7.11 Å². The van der Waals surface area contributed by atoms with Gasteiger partial charge in [-0.1, -0.05) is 13.8 Å². The zero-order chi connectivity index (χ0) is 12.0. The molecule has 1 heterocycles. The molecule has 2 N–H and O–H groups in total.